The van der Waals surface area contributed by atoms with Gasteiger partial charge in [-0.15, -0.1) is 0 Å². The summed E-state index contributed by atoms with van der Waals surface area (Å²) < 4.78 is 19.8. The maximum atomic E-state index is 13.8. The molecule has 2 heterocycles. The molecule has 0 amide bonds. The molecule has 0 aliphatic carbocycles. The van der Waals surface area contributed by atoms with Crippen LogP contribution in [0.15, 0.2) is 63.5 Å². The lowest BCUT2D eigenvalue weighted by atomic mass is 9.93. The third-order valence-corrected chi connectivity index (χ3v) is 7.49. The van der Waals surface area contributed by atoms with Crippen LogP contribution < -0.4 is 24.4 Å². The van der Waals surface area contributed by atoms with Crippen molar-refractivity contribution in [2.45, 2.75) is 32.7 Å². The Morgan fingerprint density at radius 3 is 2.53 bits per heavy atom. The van der Waals surface area contributed by atoms with Crippen molar-refractivity contribution >= 4 is 46.0 Å². The molecule has 1 aliphatic rings. The number of allylic oxidation sites excluding steroid dienone is 1. The van der Waals surface area contributed by atoms with E-state index in [-0.39, 0.29) is 12.2 Å². The molecule has 4 rings (SSSR count). The molecule has 0 bridgehead atoms. The third-order valence-electron chi connectivity index (χ3n) is 5.79. The van der Waals surface area contributed by atoms with Crippen molar-refractivity contribution in [1.29, 1.82) is 0 Å². The van der Waals surface area contributed by atoms with Gasteiger partial charge < -0.3 is 14.2 Å². The molecule has 36 heavy (non-hydrogen) atoms. The van der Waals surface area contributed by atoms with E-state index in [1.54, 1.807) is 43.9 Å². The third kappa shape index (κ3) is 5.12. The van der Waals surface area contributed by atoms with Gasteiger partial charge in [0.15, 0.2) is 4.80 Å². The van der Waals surface area contributed by atoms with Gasteiger partial charge in [-0.3, -0.25) is 9.36 Å². The Balaban J connectivity index is 2.05. The van der Waals surface area contributed by atoms with Crippen molar-refractivity contribution in [2.24, 2.45) is 4.99 Å². The number of halogens is 1. The van der Waals surface area contributed by atoms with Crippen LogP contribution in [-0.2, 0) is 9.53 Å². The molecular formula is C27H27IN2O5S. The van der Waals surface area contributed by atoms with Crippen LogP contribution in [0.2, 0.25) is 0 Å². The summed E-state index contributed by atoms with van der Waals surface area (Å²) in [6.07, 6.45) is 3.20. The number of aromatic nitrogens is 1. The normalized spacial score (nSPS) is 15.4. The fourth-order valence-electron chi connectivity index (χ4n) is 4.18. The summed E-state index contributed by atoms with van der Waals surface area (Å²) >= 11 is 3.55. The van der Waals surface area contributed by atoms with Gasteiger partial charge in [0.2, 0.25) is 0 Å². The van der Waals surface area contributed by atoms with Gasteiger partial charge in [-0.1, -0.05) is 36.8 Å². The van der Waals surface area contributed by atoms with Gasteiger partial charge in [0.25, 0.3) is 5.56 Å². The van der Waals surface area contributed by atoms with Gasteiger partial charge in [-0.05, 0) is 77.9 Å². The molecule has 9 heteroatoms. The van der Waals surface area contributed by atoms with E-state index in [1.807, 2.05) is 37.3 Å². The number of carbonyl (C=O) groups excluding carboxylic acids is 1. The monoisotopic (exact) mass is 618 g/mol. The maximum Gasteiger partial charge on any atom is 0.338 e. The van der Waals surface area contributed by atoms with Crippen molar-refractivity contribution in [3.63, 3.8) is 0 Å². The van der Waals surface area contributed by atoms with Gasteiger partial charge in [0.1, 0.15) is 17.5 Å². The van der Waals surface area contributed by atoms with Gasteiger partial charge in [0, 0.05) is 9.13 Å². The Bertz CT molecular complexity index is 1490. The van der Waals surface area contributed by atoms with Crippen LogP contribution in [0.1, 0.15) is 43.9 Å². The van der Waals surface area contributed by atoms with E-state index in [4.69, 9.17) is 19.2 Å². The number of esters is 1. The number of rotatable bonds is 8. The zero-order valence-corrected chi connectivity index (χ0v) is 23.5. The molecule has 1 atom stereocenters. The summed E-state index contributed by atoms with van der Waals surface area (Å²) in [7, 11) is 3.13. The number of hydrogen-bond acceptors (Lipinski definition) is 7. The largest absolute Gasteiger partial charge is 0.497 e. The first-order valence-corrected chi connectivity index (χ1v) is 13.5. The highest BCUT2D eigenvalue weighted by molar-refractivity contribution is 14.1. The van der Waals surface area contributed by atoms with E-state index in [9.17, 15) is 9.59 Å². The second-order valence-electron chi connectivity index (χ2n) is 8.07. The summed E-state index contributed by atoms with van der Waals surface area (Å²) in [5.74, 6) is 0.628. The lowest BCUT2D eigenvalue weighted by molar-refractivity contribution is -0.139. The molecule has 3 aromatic rings. The van der Waals surface area contributed by atoms with Gasteiger partial charge >= 0.3 is 5.97 Å². The molecular weight excluding hydrogens is 591 g/mol. The minimum Gasteiger partial charge on any atom is -0.497 e. The number of thiazole rings is 1. The molecule has 0 spiro atoms. The van der Waals surface area contributed by atoms with Crippen molar-refractivity contribution in [3.05, 3.63) is 88.1 Å². The fourth-order valence-corrected chi connectivity index (χ4v) is 5.56. The summed E-state index contributed by atoms with van der Waals surface area (Å²) in [6, 6.07) is 12.5. The van der Waals surface area contributed by atoms with E-state index in [0.717, 1.165) is 15.6 Å². The van der Waals surface area contributed by atoms with E-state index in [0.29, 0.717) is 44.1 Å². The predicted octanol–water partition coefficient (Wildman–Crippen LogP) is 4.20. The summed E-state index contributed by atoms with van der Waals surface area (Å²) in [6.45, 7) is 3.99. The number of methoxy groups -OCH3 is 2. The molecule has 0 unspecified atom stereocenters. The number of benzene rings is 2. The summed E-state index contributed by atoms with van der Waals surface area (Å²) in [5.41, 5.74) is 2.27. The Kier molecular flexibility index (Phi) is 8.30. The number of hydrogen-bond donors (Lipinski definition) is 0. The highest BCUT2D eigenvalue weighted by atomic mass is 127. The fraction of sp³-hybridized carbons (Fsp3) is 0.296. The van der Waals surface area contributed by atoms with Crippen molar-refractivity contribution in [1.82, 2.24) is 4.57 Å². The molecule has 0 N–H and O–H groups in total. The number of nitrogens with zero attached hydrogens (tertiary/aromatic N) is 2. The second kappa shape index (κ2) is 11.4. The van der Waals surface area contributed by atoms with Crippen molar-refractivity contribution in [3.8, 4) is 11.5 Å². The lowest BCUT2D eigenvalue weighted by Gasteiger charge is -2.27. The first kappa shape index (κ1) is 26.2. The smallest absolute Gasteiger partial charge is 0.338 e. The minimum atomic E-state index is -0.772. The van der Waals surface area contributed by atoms with E-state index in [2.05, 4.69) is 22.6 Å². The van der Waals surface area contributed by atoms with Gasteiger partial charge in [0.05, 0.1) is 36.6 Å². The molecule has 1 aromatic heterocycles. The summed E-state index contributed by atoms with van der Waals surface area (Å²) in [4.78, 5) is 32.5. The predicted molar refractivity (Wildman–Crippen MR) is 148 cm³/mol. The average Bonchev–Trinajstić information content (AvgIpc) is 3.18. The van der Waals surface area contributed by atoms with Crippen LogP contribution in [-0.4, -0.2) is 31.4 Å². The summed E-state index contributed by atoms with van der Waals surface area (Å²) in [5, 5.41) is 0. The molecule has 0 fully saturated rings. The number of carbonyl (C=O) groups is 1. The SMILES string of the molecule is CCCC1=C(C(=O)OCC)[C@H](c2cc(OC)ccc2OC)n2c(s/c(=C\c3ccc(I)cc3)c2=O)=N1. The highest BCUT2D eigenvalue weighted by Crippen LogP contribution is 2.38. The van der Waals surface area contributed by atoms with Crippen LogP contribution in [0.5, 0.6) is 11.5 Å². The molecule has 0 radical (unpaired) electrons. The first-order valence-electron chi connectivity index (χ1n) is 11.6. The average molecular weight is 618 g/mol. The van der Waals surface area contributed by atoms with E-state index in [1.165, 1.54) is 11.3 Å². The quantitative estimate of drug-likeness (QED) is 0.280. The van der Waals surface area contributed by atoms with Crippen LogP contribution in [0.25, 0.3) is 6.08 Å². The van der Waals surface area contributed by atoms with E-state index >= 15 is 0 Å². The Morgan fingerprint density at radius 1 is 1.14 bits per heavy atom. The number of ether oxygens (including phenoxy) is 3. The molecule has 2 aromatic carbocycles. The zero-order valence-electron chi connectivity index (χ0n) is 20.5. The van der Waals surface area contributed by atoms with Crippen LogP contribution in [0.3, 0.4) is 0 Å². The minimum absolute atomic E-state index is 0.209. The molecule has 0 saturated carbocycles. The Labute approximate surface area is 226 Å². The van der Waals surface area contributed by atoms with Crippen LogP contribution in [0.4, 0.5) is 0 Å². The molecule has 1 aliphatic heterocycles. The maximum absolute atomic E-state index is 13.8. The first-order chi connectivity index (χ1) is 17.4. The van der Waals surface area contributed by atoms with E-state index < -0.39 is 12.0 Å². The molecule has 188 valence electrons. The van der Waals surface area contributed by atoms with Gasteiger partial charge in [-0.25, -0.2) is 9.79 Å². The number of fused-ring (bicyclic) bond motifs is 1. The van der Waals surface area contributed by atoms with Crippen molar-refractivity contribution in [2.75, 3.05) is 20.8 Å². The standard InChI is InChI=1S/C27H27IN2O5S/c1-5-7-20-23(26(32)35-6-2)24(19-15-18(33-3)12-13-21(19)34-4)30-25(31)22(36-27(30)29-20)14-16-8-10-17(28)11-9-16/h8-15,24H,5-7H2,1-4H3/b22-14-/t24-/m0/s1. The van der Waals surface area contributed by atoms with Crippen LogP contribution in [0, 0.1) is 3.57 Å². The Hall–Kier alpha value is -2.92. The van der Waals surface area contributed by atoms with Gasteiger partial charge in [-0.2, -0.15) is 0 Å². The topological polar surface area (TPSA) is 79.1 Å². The van der Waals surface area contributed by atoms with Crippen molar-refractivity contribution < 1.29 is 19.0 Å². The highest BCUT2D eigenvalue weighted by Gasteiger charge is 2.36. The second-order valence-corrected chi connectivity index (χ2v) is 10.3. The molecule has 7 nitrogen and oxygen atoms in total. The lowest BCUT2D eigenvalue weighted by Crippen LogP contribution is -2.40. The van der Waals surface area contributed by atoms with Crippen LogP contribution >= 0.6 is 33.9 Å². The Morgan fingerprint density at radius 2 is 1.89 bits per heavy atom. The zero-order chi connectivity index (χ0) is 25.8. The molecule has 0 saturated heterocycles.